The van der Waals surface area contributed by atoms with Crippen LogP contribution in [0.5, 0.6) is 0 Å². The first-order valence-corrected chi connectivity index (χ1v) is 12.2. The number of hydrogen-bond donors (Lipinski definition) is 3. The van der Waals surface area contributed by atoms with Crippen LogP contribution in [0.15, 0.2) is 60.7 Å². The van der Waals surface area contributed by atoms with Crippen molar-refractivity contribution in [3.05, 3.63) is 71.8 Å². The van der Waals surface area contributed by atoms with Gasteiger partial charge in [-0.25, -0.2) is 0 Å². The molecule has 1 aliphatic rings. The van der Waals surface area contributed by atoms with E-state index in [9.17, 15) is 9.59 Å². The monoisotopic (exact) mass is 450 g/mol. The average Bonchev–Trinajstić information content (AvgIpc) is 3.30. The molecule has 1 atom stereocenters. The number of nitrogens with two attached hydrogens (primary N) is 1. The summed E-state index contributed by atoms with van der Waals surface area (Å²) in [5, 5.41) is 5.99. The van der Waals surface area contributed by atoms with E-state index < -0.39 is 5.41 Å². The second kappa shape index (κ2) is 12.5. The Morgan fingerprint density at radius 3 is 2.21 bits per heavy atom. The van der Waals surface area contributed by atoms with Gasteiger partial charge < -0.3 is 21.3 Å². The number of carbonyl (C=O) groups is 2. The summed E-state index contributed by atoms with van der Waals surface area (Å²) in [6, 6.07) is 20.0. The summed E-state index contributed by atoms with van der Waals surface area (Å²) in [5.74, 6) is -0.0888. The van der Waals surface area contributed by atoms with Crippen molar-refractivity contribution in [3.8, 4) is 0 Å². The van der Waals surface area contributed by atoms with Crippen molar-refractivity contribution in [1.29, 1.82) is 0 Å². The Labute approximate surface area is 197 Å². The molecule has 33 heavy (non-hydrogen) atoms. The molecule has 178 valence electrons. The third-order valence-corrected chi connectivity index (χ3v) is 6.74. The smallest absolute Gasteiger partial charge is 0.233 e. The van der Waals surface area contributed by atoms with E-state index in [1.54, 1.807) is 0 Å². The Bertz CT molecular complexity index is 833. The maximum Gasteiger partial charge on any atom is 0.233 e. The minimum atomic E-state index is -0.825. The van der Waals surface area contributed by atoms with E-state index in [1.807, 2.05) is 67.6 Å². The fourth-order valence-electron chi connectivity index (χ4n) is 5.08. The molecule has 1 heterocycles. The normalized spacial score (nSPS) is 16.6. The van der Waals surface area contributed by atoms with Crippen LogP contribution in [-0.2, 0) is 15.0 Å². The van der Waals surface area contributed by atoms with Gasteiger partial charge in [-0.1, -0.05) is 74.0 Å². The van der Waals surface area contributed by atoms with E-state index in [-0.39, 0.29) is 17.7 Å². The highest BCUT2D eigenvalue weighted by Gasteiger charge is 2.49. The largest absolute Gasteiger partial charge is 0.369 e. The van der Waals surface area contributed by atoms with E-state index in [4.69, 9.17) is 5.73 Å². The van der Waals surface area contributed by atoms with Gasteiger partial charge in [-0.05, 0) is 55.9 Å². The van der Waals surface area contributed by atoms with Crippen LogP contribution in [0.2, 0.25) is 0 Å². The summed E-state index contributed by atoms with van der Waals surface area (Å²) in [6.45, 7) is 6.72. The Hall–Kier alpha value is -2.70. The molecular formula is C27H38N4O2. The van der Waals surface area contributed by atoms with E-state index in [0.717, 1.165) is 69.5 Å². The fourth-order valence-corrected chi connectivity index (χ4v) is 5.08. The zero-order valence-corrected chi connectivity index (χ0v) is 19.8. The number of amides is 2. The van der Waals surface area contributed by atoms with Crippen LogP contribution in [0, 0.1) is 5.92 Å². The van der Waals surface area contributed by atoms with Crippen LogP contribution in [0.1, 0.15) is 43.7 Å². The predicted octanol–water partition coefficient (Wildman–Crippen LogP) is 2.68. The lowest BCUT2D eigenvalue weighted by Gasteiger charge is -2.37. The molecule has 2 aromatic rings. The first kappa shape index (κ1) is 24.9. The van der Waals surface area contributed by atoms with Gasteiger partial charge in [0.25, 0.3) is 0 Å². The van der Waals surface area contributed by atoms with Gasteiger partial charge in [-0.2, -0.15) is 0 Å². The Kier molecular flexibility index (Phi) is 9.46. The summed E-state index contributed by atoms with van der Waals surface area (Å²) in [5.41, 5.74) is 7.30. The van der Waals surface area contributed by atoms with Gasteiger partial charge in [-0.3, -0.25) is 9.59 Å². The molecule has 0 radical (unpaired) electrons. The van der Waals surface area contributed by atoms with Gasteiger partial charge in [-0.15, -0.1) is 0 Å². The number of likely N-dealkylation sites (N-methyl/N-ethyl adjacent to an activating group) is 1. The van der Waals surface area contributed by atoms with Gasteiger partial charge in [0.2, 0.25) is 11.8 Å². The number of hydrogen-bond acceptors (Lipinski definition) is 4. The maximum absolute atomic E-state index is 13.1. The molecule has 0 unspecified atom stereocenters. The number of nitrogens with zero attached hydrogens (tertiary/aromatic N) is 1. The molecule has 4 N–H and O–H groups in total. The SMILES string of the molecule is CCNCC(=O)NCCCCCN1CC[C@@H](C(C(N)=O)(c2ccccc2)c2ccccc2)C1. The van der Waals surface area contributed by atoms with Gasteiger partial charge in [0.15, 0.2) is 0 Å². The quantitative estimate of drug-likeness (QED) is 0.410. The highest BCUT2D eigenvalue weighted by molar-refractivity contribution is 5.91. The van der Waals surface area contributed by atoms with Gasteiger partial charge >= 0.3 is 0 Å². The third-order valence-electron chi connectivity index (χ3n) is 6.74. The van der Waals surface area contributed by atoms with Crippen molar-refractivity contribution in [2.24, 2.45) is 11.7 Å². The zero-order chi connectivity index (χ0) is 23.5. The Morgan fingerprint density at radius 2 is 1.64 bits per heavy atom. The van der Waals surface area contributed by atoms with Crippen molar-refractivity contribution < 1.29 is 9.59 Å². The molecule has 0 saturated carbocycles. The number of unbranched alkanes of at least 4 members (excludes halogenated alkanes) is 2. The van der Waals surface area contributed by atoms with Crippen molar-refractivity contribution in [2.75, 3.05) is 39.3 Å². The number of likely N-dealkylation sites (tertiary alicyclic amines) is 1. The molecule has 2 amide bonds. The average molecular weight is 451 g/mol. The molecular weight excluding hydrogens is 412 g/mol. The standard InChI is InChI=1S/C27H38N4O2/c1-2-29-20-25(32)30-17-10-5-11-18-31-19-16-24(21-31)27(26(28)33,22-12-6-3-7-13-22)23-14-8-4-9-15-23/h3-4,6-9,12-15,24,29H,2,5,10-11,16-21H2,1H3,(H2,28,33)(H,30,32)/t24-/m1/s1. The van der Waals surface area contributed by atoms with Crippen LogP contribution in [0.25, 0.3) is 0 Å². The number of carbonyl (C=O) groups excluding carboxylic acids is 2. The number of nitrogens with one attached hydrogen (secondary N) is 2. The minimum absolute atomic E-state index is 0.0591. The maximum atomic E-state index is 13.1. The lowest BCUT2D eigenvalue weighted by molar-refractivity contribution is -0.124. The second-order valence-corrected chi connectivity index (χ2v) is 8.88. The Morgan fingerprint density at radius 1 is 1.00 bits per heavy atom. The van der Waals surface area contributed by atoms with E-state index in [0.29, 0.717) is 6.54 Å². The summed E-state index contributed by atoms with van der Waals surface area (Å²) < 4.78 is 0. The molecule has 1 saturated heterocycles. The van der Waals surface area contributed by atoms with Gasteiger partial charge in [0.1, 0.15) is 5.41 Å². The summed E-state index contributed by atoms with van der Waals surface area (Å²) in [6.07, 6.45) is 4.07. The minimum Gasteiger partial charge on any atom is -0.369 e. The van der Waals surface area contributed by atoms with Crippen LogP contribution < -0.4 is 16.4 Å². The predicted molar refractivity (Wildman–Crippen MR) is 133 cm³/mol. The summed E-state index contributed by atoms with van der Waals surface area (Å²) in [7, 11) is 0. The van der Waals surface area contributed by atoms with E-state index >= 15 is 0 Å². The van der Waals surface area contributed by atoms with Crippen LogP contribution in [-0.4, -0.2) is 56.0 Å². The van der Waals surface area contributed by atoms with Crippen LogP contribution in [0.3, 0.4) is 0 Å². The first-order valence-electron chi connectivity index (χ1n) is 12.2. The first-order chi connectivity index (χ1) is 16.1. The van der Waals surface area contributed by atoms with Crippen molar-refractivity contribution in [2.45, 2.75) is 38.0 Å². The van der Waals surface area contributed by atoms with Crippen LogP contribution >= 0.6 is 0 Å². The van der Waals surface area contributed by atoms with Gasteiger partial charge in [0.05, 0.1) is 6.54 Å². The molecule has 0 aromatic heterocycles. The third kappa shape index (κ3) is 6.21. The molecule has 3 rings (SSSR count). The lowest BCUT2D eigenvalue weighted by Crippen LogP contribution is -2.49. The zero-order valence-electron chi connectivity index (χ0n) is 19.8. The molecule has 6 nitrogen and oxygen atoms in total. The molecule has 0 bridgehead atoms. The number of rotatable bonds is 13. The van der Waals surface area contributed by atoms with Crippen molar-refractivity contribution >= 4 is 11.8 Å². The number of primary amides is 1. The molecule has 0 aliphatic carbocycles. The topological polar surface area (TPSA) is 87.5 Å². The summed E-state index contributed by atoms with van der Waals surface area (Å²) >= 11 is 0. The van der Waals surface area contributed by atoms with Crippen molar-refractivity contribution in [3.63, 3.8) is 0 Å². The Balaban J connectivity index is 1.59. The highest BCUT2D eigenvalue weighted by Crippen LogP contribution is 2.43. The van der Waals surface area contributed by atoms with Crippen molar-refractivity contribution in [1.82, 2.24) is 15.5 Å². The molecule has 2 aromatic carbocycles. The van der Waals surface area contributed by atoms with Gasteiger partial charge in [0, 0.05) is 13.1 Å². The second-order valence-electron chi connectivity index (χ2n) is 8.88. The number of benzene rings is 2. The summed E-state index contributed by atoms with van der Waals surface area (Å²) in [4.78, 5) is 27.2. The van der Waals surface area contributed by atoms with E-state index in [2.05, 4.69) is 15.5 Å². The van der Waals surface area contributed by atoms with Crippen LogP contribution in [0.4, 0.5) is 0 Å². The lowest BCUT2D eigenvalue weighted by atomic mass is 9.64. The molecule has 1 fully saturated rings. The molecule has 0 spiro atoms. The van der Waals surface area contributed by atoms with E-state index in [1.165, 1.54) is 0 Å². The highest BCUT2D eigenvalue weighted by atomic mass is 16.2. The molecule has 6 heteroatoms. The molecule has 1 aliphatic heterocycles. The fraction of sp³-hybridized carbons (Fsp3) is 0.481.